The highest BCUT2D eigenvalue weighted by Crippen LogP contribution is 2.33. The van der Waals surface area contributed by atoms with Crippen molar-refractivity contribution in [1.29, 1.82) is 0 Å². The van der Waals surface area contributed by atoms with E-state index in [0.29, 0.717) is 16.8 Å². The monoisotopic (exact) mass is 379 g/mol. The second-order valence-corrected chi connectivity index (χ2v) is 6.77. The molecule has 0 radical (unpaired) electrons. The van der Waals surface area contributed by atoms with Gasteiger partial charge in [0.1, 0.15) is 17.1 Å². The summed E-state index contributed by atoms with van der Waals surface area (Å²) in [6, 6.07) is 22.2. The molecule has 0 saturated heterocycles. The Morgan fingerprint density at radius 3 is 2.28 bits per heavy atom. The third-order valence-corrected chi connectivity index (χ3v) is 4.90. The maximum Gasteiger partial charge on any atom is 0.137 e. The van der Waals surface area contributed by atoms with Crippen LogP contribution in [0, 0.1) is 0 Å². The topological polar surface area (TPSA) is 70.7 Å². The van der Waals surface area contributed by atoms with Gasteiger partial charge in [-0.3, -0.25) is 4.98 Å². The summed E-state index contributed by atoms with van der Waals surface area (Å²) >= 11 is 0. The molecule has 5 nitrogen and oxygen atoms in total. The maximum absolute atomic E-state index is 10.3. The van der Waals surface area contributed by atoms with Crippen molar-refractivity contribution in [3.8, 4) is 45.1 Å². The van der Waals surface area contributed by atoms with Gasteiger partial charge in [-0.05, 0) is 59.7 Å². The van der Waals surface area contributed by atoms with Crippen LogP contribution in [0.15, 0.2) is 91.4 Å². The molecule has 0 bridgehead atoms. The Bertz CT molecular complexity index is 1330. The molecular formula is C24H17N3O2. The molecule has 0 saturated carbocycles. The maximum atomic E-state index is 10.3. The second kappa shape index (κ2) is 6.80. The molecule has 3 heterocycles. The van der Waals surface area contributed by atoms with Gasteiger partial charge in [0.25, 0.3) is 0 Å². The molecule has 2 N–H and O–H groups in total. The minimum Gasteiger partial charge on any atom is -0.507 e. The fourth-order valence-electron chi connectivity index (χ4n) is 3.43. The van der Waals surface area contributed by atoms with Crippen LogP contribution in [0.5, 0.6) is 11.5 Å². The Morgan fingerprint density at radius 2 is 1.45 bits per heavy atom. The van der Waals surface area contributed by atoms with Crippen LogP contribution in [0.4, 0.5) is 0 Å². The van der Waals surface area contributed by atoms with E-state index in [4.69, 9.17) is 0 Å². The normalized spacial score (nSPS) is 11.0. The smallest absolute Gasteiger partial charge is 0.137 e. The lowest BCUT2D eigenvalue weighted by atomic mass is 10.0. The van der Waals surface area contributed by atoms with E-state index in [2.05, 4.69) is 9.97 Å². The number of fused-ring (bicyclic) bond motifs is 1. The first-order chi connectivity index (χ1) is 14.2. The summed E-state index contributed by atoms with van der Waals surface area (Å²) < 4.78 is 1.93. The molecule has 3 aromatic heterocycles. The van der Waals surface area contributed by atoms with Crippen molar-refractivity contribution in [2.24, 2.45) is 0 Å². The third kappa shape index (κ3) is 3.08. The van der Waals surface area contributed by atoms with Gasteiger partial charge < -0.3 is 14.6 Å². The first-order valence-corrected chi connectivity index (χ1v) is 9.21. The number of para-hydroxylation sites is 1. The van der Waals surface area contributed by atoms with Gasteiger partial charge in [0.05, 0.1) is 11.4 Å². The Hall–Kier alpha value is -4.12. The highest BCUT2D eigenvalue weighted by Gasteiger charge is 2.11. The van der Waals surface area contributed by atoms with E-state index in [0.717, 1.165) is 22.5 Å². The molecule has 0 spiro atoms. The van der Waals surface area contributed by atoms with Crippen molar-refractivity contribution in [3.63, 3.8) is 0 Å². The highest BCUT2D eigenvalue weighted by atomic mass is 16.3. The van der Waals surface area contributed by atoms with Crippen molar-refractivity contribution in [2.45, 2.75) is 0 Å². The molecule has 5 heteroatoms. The Kier molecular flexibility index (Phi) is 3.99. The van der Waals surface area contributed by atoms with Crippen LogP contribution in [0.2, 0.25) is 0 Å². The average Bonchev–Trinajstić information content (AvgIpc) is 3.18. The summed E-state index contributed by atoms with van der Waals surface area (Å²) in [7, 11) is 0. The van der Waals surface area contributed by atoms with E-state index < -0.39 is 0 Å². The summed E-state index contributed by atoms with van der Waals surface area (Å²) in [5, 5.41) is 20.4. The average molecular weight is 379 g/mol. The second-order valence-electron chi connectivity index (χ2n) is 6.77. The number of aromatic nitrogens is 3. The lowest BCUT2D eigenvalue weighted by Crippen LogP contribution is -1.88. The lowest BCUT2D eigenvalue weighted by Gasteiger charge is -2.08. The number of benzene rings is 2. The van der Waals surface area contributed by atoms with Crippen molar-refractivity contribution in [3.05, 3.63) is 91.4 Å². The third-order valence-electron chi connectivity index (χ3n) is 4.90. The summed E-state index contributed by atoms with van der Waals surface area (Å²) in [5.74, 6) is 0.396. The molecule has 0 fully saturated rings. The number of pyridine rings is 2. The first kappa shape index (κ1) is 17.0. The molecular weight excluding hydrogens is 362 g/mol. The molecule has 0 aliphatic heterocycles. The van der Waals surface area contributed by atoms with E-state index in [1.165, 1.54) is 0 Å². The van der Waals surface area contributed by atoms with Gasteiger partial charge >= 0.3 is 0 Å². The summed E-state index contributed by atoms with van der Waals surface area (Å²) in [4.78, 5) is 8.95. The van der Waals surface area contributed by atoms with Crippen LogP contribution in [0.25, 0.3) is 39.3 Å². The van der Waals surface area contributed by atoms with Crippen LogP contribution in [-0.4, -0.2) is 24.6 Å². The fourth-order valence-corrected chi connectivity index (χ4v) is 3.43. The number of hydrogen-bond donors (Lipinski definition) is 2. The van der Waals surface area contributed by atoms with Gasteiger partial charge in [0, 0.05) is 29.7 Å². The van der Waals surface area contributed by atoms with Crippen LogP contribution in [-0.2, 0) is 0 Å². The number of rotatable bonds is 3. The van der Waals surface area contributed by atoms with Gasteiger partial charge in [0.15, 0.2) is 0 Å². The zero-order chi connectivity index (χ0) is 19.8. The molecule has 140 valence electrons. The summed E-state index contributed by atoms with van der Waals surface area (Å²) in [5.41, 5.74) is 5.54. The molecule has 29 heavy (non-hydrogen) atoms. The highest BCUT2D eigenvalue weighted by molar-refractivity contribution is 5.76. The van der Waals surface area contributed by atoms with E-state index in [1.807, 2.05) is 71.4 Å². The lowest BCUT2D eigenvalue weighted by molar-refractivity contribution is 0.476. The van der Waals surface area contributed by atoms with Gasteiger partial charge in [-0.1, -0.05) is 24.3 Å². The van der Waals surface area contributed by atoms with Crippen molar-refractivity contribution < 1.29 is 10.2 Å². The van der Waals surface area contributed by atoms with Crippen molar-refractivity contribution in [2.75, 3.05) is 0 Å². The number of nitrogens with zero attached hydrogens (tertiary/aromatic N) is 3. The Labute approximate surface area is 167 Å². The minimum absolute atomic E-state index is 0.193. The molecule has 5 aromatic rings. The largest absolute Gasteiger partial charge is 0.507 e. The van der Waals surface area contributed by atoms with Crippen LogP contribution >= 0.6 is 0 Å². The standard InChI is InChI=1S/C24H17N3O2/c28-22-7-2-1-5-18(22)21-15-27-14-17(9-11-24(27)26-21)16-8-10-23(29)19(13-16)20-6-3-4-12-25-20/h1-15,28-29H. The zero-order valence-corrected chi connectivity index (χ0v) is 15.4. The molecule has 0 aliphatic rings. The fraction of sp³-hybridized carbons (Fsp3) is 0. The predicted molar refractivity (Wildman–Crippen MR) is 113 cm³/mol. The zero-order valence-electron chi connectivity index (χ0n) is 15.4. The van der Waals surface area contributed by atoms with Crippen LogP contribution in [0.1, 0.15) is 0 Å². The number of aromatic hydroxyl groups is 2. The molecule has 0 unspecified atom stereocenters. The van der Waals surface area contributed by atoms with E-state index >= 15 is 0 Å². The number of imidazole rings is 1. The van der Waals surface area contributed by atoms with Crippen LogP contribution < -0.4 is 0 Å². The number of phenolic OH excluding ortho intramolecular Hbond substituents is 2. The molecule has 0 amide bonds. The molecule has 5 rings (SSSR count). The van der Waals surface area contributed by atoms with Gasteiger partial charge in [-0.25, -0.2) is 4.98 Å². The van der Waals surface area contributed by atoms with Crippen LogP contribution in [0.3, 0.4) is 0 Å². The van der Waals surface area contributed by atoms with Crippen molar-refractivity contribution in [1.82, 2.24) is 14.4 Å². The summed E-state index contributed by atoms with van der Waals surface area (Å²) in [6.45, 7) is 0. The van der Waals surface area contributed by atoms with E-state index in [9.17, 15) is 10.2 Å². The quantitative estimate of drug-likeness (QED) is 0.455. The van der Waals surface area contributed by atoms with E-state index in [-0.39, 0.29) is 11.5 Å². The predicted octanol–water partition coefficient (Wildman–Crippen LogP) is 5.14. The number of hydrogen-bond acceptors (Lipinski definition) is 4. The Morgan fingerprint density at radius 1 is 0.655 bits per heavy atom. The van der Waals surface area contributed by atoms with Gasteiger partial charge in [-0.15, -0.1) is 0 Å². The summed E-state index contributed by atoms with van der Waals surface area (Å²) in [6.07, 6.45) is 5.59. The first-order valence-electron chi connectivity index (χ1n) is 9.21. The SMILES string of the molecule is Oc1ccc(-c2ccc3nc(-c4ccccc4O)cn3c2)cc1-c1ccccn1. The molecule has 0 aliphatic carbocycles. The van der Waals surface area contributed by atoms with E-state index in [1.54, 1.807) is 24.4 Å². The number of phenols is 2. The van der Waals surface area contributed by atoms with Gasteiger partial charge in [0.2, 0.25) is 0 Å². The van der Waals surface area contributed by atoms with Crippen molar-refractivity contribution >= 4 is 5.65 Å². The molecule has 0 atom stereocenters. The molecule has 2 aromatic carbocycles. The van der Waals surface area contributed by atoms with Gasteiger partial charge in [-0.2, -0.15) is 0 Å². The minimum atomic E-state index is 0.193. The Balaban J connectivity index is 1.59.